The van der Waals surface area contributed by atoms with E-state index in [0.29, 0.717) is 17.8 Å². The van der Waals surface area contributed by atoms with Gasteiger partial charge in [-0.3, -0.25) is 14.2 Å². The Hall–Kier alpha value is -2.47. The van der Waals surface area contributed by atoms with Crippen molar-refractivity contribution < 1.29 is 9.18 Å². The molecule has 0 N–H and O–H groups in total. The third kappa shape index (κ3) is 4.68. The first-order valence-electron chi connectivity index (χ1n) is 9.93. The number of rotatable bonds is 5. The molecule has 0 aliphatic carbocycles. The van der Waals surface area contributed by atoms with Crippen LogP contribution in [-0.2, 0) is 0 Å². The van der Waals surface area contributed by atoms with Crippen molar-refractivity contribution >= 4 is 5.91 Å². The molecule has 6 heteroatoms. The van der Waals surface area contributed by atoms with E-state index in [1.807, 2.05) is 0 Å². The number of halogens is 1. The molecular weight excluding hydrogens is 357 g/mol. The molecule has 1 saturated heterocycles. The van der Waals surface area contributed by atoms with Gasteiger partial charge in [0, 0.05) is 32.0 Å². The van der Waals surface area contributed by atoms with Gasteiger partial charge in [-0.15, -0.1) is 0 Å². The summed E-state index contributed by atoms with van der Waals surface area (Å²) in [6.07, 6.45) is 6.59. The Morgan fingerprint density at radius 3 is 2.36 bits per heavy atom. The van der Waals surface area contributed by atoms with E-state index in [1.165, 1.54) is 54.5 Å². The molecule has 3 rings (SSSR count). The smallest absolute Gasteiger partial charge is 0.268 e. The van der Waals surface area contributed by atoms with Gasteiger partial charge in [-0.05, 0) is 68.8 Å². The lowest BCUT2D eigenvalue weighted by Crippen LogP contribution is -2.39. The number of likely N-dealkylation sites (N-methyl/N-ethyl adjacent to an activating group) is 1. The Morgan fingerprint density at radius 1 is 1.07 bits per heavy atom. The molecule has 1 aliphatic rings. The third-order valence-corrected chi connectivity index (χ3v) is 5.42. The van der Waals surface area contributed by atoms with Crippen LogP contribution >= 0.6 is 0 Å². The number of benzene rings is 1. The maximum absolute atomic E-state index is 13.2. The molecule has 1 amide bonds. The minimum atomic E-state index is -0.377. The number of carbonyl (C=O) groups excluding carboxylic acids is 1. The van der Waals surface area contributed by atoms with Gasteiger partial charge in [-0.2, -0.15) is 0 Å². The van der Waals surface area contributed by atoms with E-state index in [9.17, 15) is 14.0 Å². The highest BCUT2D eigenvalue weighted by Crippen LogP contribution is 2.12. The summed E-state index contributed by atoms with van der Waals surface area (Å²) in [7, 11) is 1.74. The zero-order valence-corrected chi connectivity index (χ0v) is 16.7. The fourth-order valence-corrected chi connectivity index (χ4v) is 3.64. The monoisotopic (exact) mass is 385 g/mol. The van der Waals surface area contributed by atoms with Crippen LogP contribution in [0.25, 0.3) is 5.69 Å². The van der Waals surface area contributed by atoms with Crippen molar-refractivity contribution in [1.82, 2.24) is 14.4 Å². The quantitative estimate of drug-likeness (QED) is 0.794. The average Bonchev–Trinajstić information content (AvgIpc) is 2.96. The Morgan fingerprint density at radius 2 is 1.71 bits per heavy atom. The molecule has 0 bridgehead atoms. The lowest BCUT2D eigenvalue weighted by atomic mass is 10.1. The Labute approximate surface area is 165 Å². The van der Waals surface area contributed by atoms with E-state index in [0.717, 1.165) is 19.6 Å². The van der Waals surface area contributed by atoms with Crippen molar-refractivity contribution in [2.75, 3.05) is 33.2 Å². The van der Waals surface area contributed by atoms with Crippen molar-refractivity contribution in [3.05, 3.63) is 63.8 Å². The highest BCUT2D eigenvalue weighted by atomic mass is 19.1. The van der Waals surface area contributed by atoms with Gasteiger partial charge in [0.25, 0.3) is 11.5 Å². The largest absolute Gasteiger partial charge is 0.340 e. The summed E-state index contributed by atoms with van der Waals surface area (Å²) >= 11 is 0. The molecule has 0 atom stereocenters. The van der Waals surface area contributed by atoms with E-state index >= 15 is 0 Å². The average molecular weight is 385 g/mol. The molecule has 2 heterocycles. The lowest BCUT2D eigenvalue weighted by molar-refractivity contribution is 0.0775. The number of likely N-dealkylation sites (tertiary alicyclic amines) is 1. The normalized spacial score (nSPS) is 15.2. The molecular formula is C22H28FN3O2. The molecule has 1 aromatic heterocycles. The van der Waals surface area contributed by atoms with Crippen LogP contribution in [0, 0.1) is 12.7 Å². The van der Waals surface area contributed by atoms with Gasteiger partial charge in [0.1, 0.15) is 11.4 Å². The Kier molecular flexibility index (Phi) is 6.62. The summed E-state index contributed by atoms with van der Waals surface area (Å²) in [6, 6.07) is 7.42. The van der Waals surface area contributed by atoms with Crippen LogP contribution in [0.3, 0.4) is 0 Å². The van der Waals surface area contributed by atoms with Gasteiger partial charge < -0.3 is 9.80 Å². The van der Waals surface area contributed by atoms with Crippen LogP contribution in [-0.4, -0.2) is 53.5 Å². The first kappa shape index (κ1) is 20.3. The van der Waals surface area contributed by atoms with Gasteiger partial charge in [0.15, 0.2) is 0 Å². The molecule has 150 valence electrons. The van der Waals surface area contributed by atoms with E-state index < -0.39 is 0 Å². The summed E-state index contributed by atoms with van der Waals surface area (Å²) in [4.78, 5) is 30.0. The van der Waals surface area contributed by atoms with Gasteiger partial charge in [0.2, 0.25) is 0 Å². The Balaban J connectivity index is 1.77. The lowest BCUT2D eigenvalue weighted by Gasteiger charge is -2.24. The summed E-state index contributed by atoms with van der Waals surface area (Å²) < 4.78 is 14.6. The first-order chi connectivity index (χ1) is 13.5. The summed E-state index contributed by atoms with van der Waals surface area (Å²) in [5.74, 6) is -0.637. The van der Waals surface area contributed by atoms with E-state index in [1.54, 1.807) is 31.1 Å². The number of nitrogens with zero attached hydrogens (tertiary/aromatic N) is 3. The van der Waals surface area contributed by atoms with Crippen LogP contribution < -0.4 is 5.56 Å². The molecule has 0 saturated carbocycles. The maximum Gasteiger partial charge on any atom is 0.268 e. The molecule has 0 unspecified atom stereocenters. The van der Waals surface area contributed by atoms with Crippen LogP contribution in [0.2, 0.25) is 0 Å². The SMILES string of the molecule is Cc1ccn(-c2ccc(F)cc2)c(=O)c1C(=O)N(C)CCN1CCCCCC1. The van der Waals surface area contributed by atoms with Gasteiger partial charge in [-0.25, -0.2) is 4.39 Å². The molecule has 5 nitrogen and oxygen atoms in total. The second-order valence-corrected chi connectivity index (χ2v) is 7.51. The number of pyridine rings is 1. The second-order valence-electron chi connectivity index (χ2n) is 7.51. The molecule has 1 aromatic carbocycles. The van der Waals surface area contributed by atoms with Gasteiger partial charge in [0.05, 0.1) is 0 Å². The Bertz CT molecular complexity index is 868. The van der Waals surface area contributed by atoms with Crippen LogP contribution in [0.1, 0.15) is 41.6 Å². The van der Waals surface area contributed by atoms with Crippen molar-refractivity contribution in [2.45, 2.75) is 32.6 Å². The van der Waals surface area contributed by atoms with E-state index in [-0.39, 0.29) is 22.8 Å². The predicted molar refractivity (Wildman–Crippen MR) is 109 cm³/mol. The fourth-order valence-electron chi connectivity index (χ4n) is 3.64. The molecule has 1 fully saturated rings. The maximum atomic E-state index is 13.2. The topological polar surface area (TPSA) is 45.6 Å². The highest BCUT2D eigenvalue weighted by Gasteiger charge is 2.21. The summed E-state index contributed by atoms with van der Waals surface area (Å²) in [5, 5.41) is 0. The first-order valence-corrected chi connectivity index (χ1v) is 9.93. The number of carbonyl (C=O) groups is 1. The van der Waals surface area contributed by atoms with Crippen molar-refractivity contribution in [3.8, 4) is 5.69 Å². The van der Waals surface area contributed by atoms with Crippen LogP contribution in [0.5, 0.6) is 0 Å². The fraction of sp³-hybridized carbons (Fsp3) is 0.455. The summed E-state index contributed by atoms with van der Waals surface area (Å²) in [5.41, 5.74) is 0.978. The molecule has 0 radical (unpaired) electrons. The molecule has 2 aromatic rings. The molecule has 1 aliphatic heterocycles. The van der Waals surface area contributed by atoms with Crippen molar-refractivity contribution in [3.63, 3.8) is 0 Å². The van der Waals surface area contributed by atoms with Crippen LogP contribution in [0.15, 0.2) is 41.3 Å². The van der Waals surface area contributed by atoms with Crippen molar-refractivity contribution in [2.24, 2.45) is 0 Å². The number of aromatic nitrogens is 1. The summed E-state index contributed by atoms with van der Waals surface area (Å²) in [6.45, 7) is 5.32. The standard InChI is InChI=1S/C22H28FN3O2/c1-17-11-14-26(19-9-7-18(23)8-10-19)22(28)20(17)21(27)24(2)15-16-25-12-5-3-4-6-13-25/h7-11,14H,3-6,12-13,15-16H2,1-2H3. The van der Waals surface area contributed by atoms with E-state index in [4.69, 9.17) is 0 Å². The van der Waals surface area contributed by atoms with Crippen molar-refractivity contribution in [1.29, 1.82) is 0 Å². The zero-order chi connectivity index (χ0) is 20.1. The van der Waals surface area contributed by atoms with E-state index in [2.05, 4.69) is 4.90 Å². The number of hydrogen-bond donors (Lipinski definition) is 0. The third-order valence-electron chi connectivity index (χ3n) is 5.42. The van der Waals surface area contributed by atoms with Crippen LogP contribution in [0.4, 0.5) is 4.39 Å². The number of hydrogen-bond acceptors (Lipinski definition) is 3. The number of amides is 1. The number of aryl methyl sites for hydroxylation is 1. The van der Waals surface area contributed by atoms with Gasteiger partial charge in [-0.1, -0.05) is 12.8 Å². The second kappa shape index (κ2) is 9.15. The van der Waals surface area contributed by atoms with Gasteiger partial charge >= 0.3 is 0 Å². The minimum Gasteiger partial charge on any atom is -0.340 e. The minimum absolute atomic E-state index is 0.171. The molecule has 28 heavy (non-hydrogen) atoms. The molecule has 0 spiro atoms. The predicted octanol–water partition coefficient (Wildman–Crippen LogP) is 3.23. The highest BCUT2D eigenvalue weighted by molar-refractivity contribution is 5.95. The zero-order valence-electron chi connectivity index (χ0n) is 16.7.